The Labute approximate surface area is 104 Å². The summed E-state index contributed by atoms with van der Waals surface area (Å²) in [6, 6.07) is 9.18. The summed E-state index contributed by atoms with van der Waals surface area (Å²) < 4.78 is 5.33. The molecular formula is C14H22N2O. The van der Waals surface area contributed by atoms with E-state index in [1.807, 2.05) is 0 Å². The van der Waals surface area contributed by atoms with Crippen LogP contribution in [0.3, 0.4) is 0 Å². The van der Waals surface area contributed by atoms with Gasteiger partial charge in [0, 0.05) is 26.2 Å². The van der Waals surface area contributed by atoms with Crippen molar-refractivity contribution in [2.45, 2.75) is 32.0 Å². The first-order valence-corrected chi connectivity index (χ1v) is 6.35. The van der Waals surface area contributed by atoms with Crippen LogP contribution in [0.25, 0.3) is 0 Å². The van der Waals surface area contributed by atoms with Gasteiger partial charge in [0.05, 0.1) is 6.61 Å². The Kier molecular flexibility index (Phi) is 4.54. The van der Waals surface area contributed by atoms with Crippen LogP contribution in [0.1, 0.15) is 24.0 Å². The van der Waals surface area contributed by atoms with Gasteiger partial charge in [-0.25, -0.2) is 0 Å². The lowest BCUT2D eigenvalue weighted by Gasteiger charge is -2.26. The van der Waals surface area contributed by atoms with Gasteiger partial charge >= 0.3 is 0 Å². The van der Waals surface area contributed by atoms with Crippen LogP contribution in [0.5, 0.6) is 0 Å². The van der Waals surface area contributed by atoms with Gasteiger partial charge in [-0.3, -0.25) is 4.90 Å². The molecule has 0 spiro atoms. The van der Waals surface area contributed by atoms with E-state index in [9.17, 15) is 0 Å². The van der Waals surface area contributed by atoms with Crippen molar-refractivity contribution in [2.75, 3.05) is 20.3 Å². The summed E-state index contributed by atoms with van der Waals surface area (Å²) in [5.41, 5.74) is 8.52. The summed E-state index contributed by atoms with van der Waals surface area (Å²) in [7, 11) is 1.78. The minimum Gasteiger partial charge on any atom is -0.383 e. The quantitative estimate of drug-likeness (QED) is 0.815. The molecule has 1 aliphatic heterocycles. The average Bonchev–Trinajstić information content (AvgIpc) is 2.78. The van der Waals surface area contributed by atoms with Crippen molar-refractivity contribution in [3.05, 3.63) is 35.4 Å². The number of methoxy groups -OCH3 is 1. The van der Waals surface area contributed by atoms with Crippen LogP contribution in [0.15, 0.2) is 24.3 Å². The first-order chi connectivity index (χ1) is 8.35. The van der Waals surface area contributed by atoms with Crippen LogP contribution in [0.4, 0.5) is 0 Å². The van der Waals surface area contributed by atoms with Crippen molar-refractivity contribution >= 4 is 0 Å². The number of hydrogen-bond acceptors (Lipinski definition) is 3. The van der Waals surface area contributed by atoms with E-state index in [0.717, 1.165) is 39.1 Å². The maximum absolute atomic E-state index is 5.60. The molecule has 0 amide bonds. The van der Waals surface area contributed by atoms with E-state index in [4.69, 9.17) is 10.5 Å². The Morgan fingerprint density at radius 1 is 1.29 bits per heavy atom. The largest absolute Gasteiger partial charge is 0.383 e. The molecule has 0 bridgehead atoms. The van der Waals surface area contributed by atoms with Gasteiger partial charge in [-0.1, -0.05) is 24.3 Å². The molecule has 1 heterocycles. The zero-order valence-corrected chi connectivity index (χ0v) is 10.6. The molecule has 94 valence electrons. The monoisotopic (exact) mass is 234 g/mol. The van der Waals surface area contributed by atoms with E-state index in [-0.39, 0.29) is 0 Å². The summed E-state index contributed by atoms with van der Waals surface area (Å²) in [6.45, 7) is 3.67. The molecule has 1 atom stereocenters. The van der Waals surface area contributed by atoms with Crippen LogP contribution >= 0.6 is 0 Å². The van der Waals surface area contributed by atoms with Crippen LogP contribution in [-0.2, 0) is 17.8 Å². The maximum Gasteiger partial charge on any atom is 0.0618 e. The lowest BCUT2D eigenvalue weighted by molar-refractivity contribution is 0.0823. The minimum atomic E-state index is 0.496. The molecule has 0 fully saturated rings. The van der Waals surface area contributed by atoms with Crippen LogP contribution in [0.2, 0.25) is 0 Å². The normalized spacial score (nSPS) is 17.1. The van der Waals surface area contributed by atoms with E-state index in [1.165, 1.54) is 11.1 Å². The summed E-state index contributed by atoms with van der Waals surface area (Å²) in [5, 5.41) is 0. The molecule has 0 aliphatic carbocycles. The number of nitrogens with zero attached hydrogens (tertiary/aromatic N) is 1. The van der Waals surface area contributed by atoms with E-state index < -0.39 is 0 Å². The van der Waals surface area contributed by atoms with Gasteiger partial charge in [0.15, 0.2) is 0 Å². The van der Waals surface area contributed by atoms with Crippen molar-refractivity contribution in [3.8, 4) is 0 Å². The smallest absolute Gasteiger partial charge is 0.0618 e. The number of nitrogens with two attached hydrogens (primary N) is 1. The second kappa shape index (κ2) is 6.15. The molecule has 1 aromatic rings. The van der Waals surface area contributed by atoms with Gasteiger partial charge in [0.25, 0.3) is 0 Å². The number of ether oxygens (including phenoxy) is 1. The first kappa shape index (κ1) is 12.6. The van der Waals surface area contributed by atoms with Crippen molar-refractivity contribution in [1.29, 1.82) is 0 Å². The fraction of sp³-hybridized carbons (Fsp3) is 0.571. The van der Waals surface area contributed by atoms with Crippen LogP contribution < -0.4 is 5.73 Å². The first-order valence-electron chi connectivity index (χ1n) is 6.35. The Morgan fingerprint density at radius 2 is 1.94 bits per heavy atom. The highest BCUT2D eigenvalue weighted by Gasteiger charge is 2.24. The Morgan fingerprint density at radius 3 is 2.47 bits per heavy atom. The molecule has 1 unspecified atom stereocenters. The van der Waals surface area contributed by atoms with Crippen molar-refractivity contribution in [1.82, 2.24) is 4.90 Å². The van der Waals surface area contributed by atoms with Gasteiger partial charge in [-0.2, -0.15) is 0 Å². The Balaban J connectivity index is 1.98. The molecule has 3 heteroatoms. The Hall–Kier alpha value is -0.900. The topological polar surface area (TPSA) is 38.5 Å². The lowest BCUT2D eigenvalue weighted by Crippen LogP contribution is -2.34. The third-order valence-electron chi connectivity index (χ3n) is 3.48. The fourth-order valence-corrected chi connectivity index (χ4v) is 2.53. The molecule has 2 N–H and O–H groups in total. The molecule has 1 aromatic carbocycles. The van der Waals surface area contributed by atoms with Crippen LogP contribution in [-0.4, -0.2) is 31.2 Å². The van der Waals surface area contributed by atoms with E-state index >= 15 is 0 Å². The molecule has 0 saturated carbocycles. The highest BCUT2D eigenvalue weighted by Crippen LogP contribution is 2.25. The molecule has 2 rings (SSSR count). The lowest BCUT2D eigenvalue weighted by atomic mass is 10.1. The predicted molar refractivity (Wildman–Crippen MR) is 69.6 cm³/mol. The fourth-order valence-electron chi connectivity index (χ4n) is 2.53. The minimum absolute atomic E-state index is 0.496. The predicted octanol–water partition coefficient (Wildman–Crippen LogP) is 1.76. The molecule has 0 radical (unpaired) electrons. The molecule has 17 heavy (non-hydrogen) atoms. The molecular weight excluding hydrogens is 212 g/mol. The van der Waals surface area contributed by atoms with Gasteiger partial charge in [0.1, 0.15) is 0 Å². The second-order valence-electron chi connectivity index (χ2n) is 4.71. The number of fused-ring (bicyclic) bond motifs is 1. The Bertz CT molecular complexity index is 329. The zero-order valence-electron chi connectivity index (χ0n) is 10.6. The highest BCUT2D eigenvalue weighted by atomic mass is 16.5. The summed E-state index contributed by atoms with van der Waals surface area (Å²) in [6.07, 6.45) is 2.19. The summed E-state index contributed by atoms with van der Waals surface area (Å²) >= 11 is 0. The molecule has 0 saturated heterocycles. The van der Waals surface area contributed by atoms with E-state index in [1.54, 1.807) is 7.11 Å². The number of rotatable bonds is 6. The molecule has 1 aliphatic rings. The van der Waals surface area contributed by atoms with Crippen LogP contribution in [0, 0.1) is 0 Å². The zero-order chi connectivity index (χ0) is 12.1. The SMILES string of the molecule is COCC(CCCN)N1Cc2ccccc2C1. The molecule has 3 nitrogen and oxygen atoms in total. The molecule has 0 aromatic heterocycles. The van der Waals surface area contributed by atoms with Crippen molar-refractivity contribution < 1.29 is 4.74 Å². The van der Waals surface area contributed by atoms with Gasteiger partial charge in [-0.05, 0) is 30.5 Å². The average molecular weight is 234 g/mol. The standard InChI is InChI=1S/C14H22N2O/c1-17-11-14(7-4-8-15)16-9-12-5-2-3-6-13(12)10-16/h2-3,5-6,14H,4,7-11,15H2,1H3. The third kappa shape index (κ3) is 3.06. The second-order valence-corrected chi connectivity index (χ2v) is 4.71. The van der Waals surface area contributed by atoms with Gasteiger partial charge in [-0.15, -0.1) is 0 Å². The summed E-state index contributed by atoms with van der Waals surface area (Å²) in [4.78, 5) is 2.50. The number of benzene rings is 1. The summed E-state index contributed by atoms with van der Waals surface area (Å²) in [5.74, 6) is 0. The maximum atomic E-state index is 5.60. The number of hydrogen-bond donors (Lipinski definition) is 1. The van der Waals surface area contributed by atoms with Crippen molar-refractivity contribution in [3.63, 3.8) is 0 Å². The third-order valence-corrected chi connectivity index (χ3v) is 3.48. The van der Waals surface area contributed by atoms with E-state index in [0.29, 0.717) is 6.04 Å². The highest BCUT2D eigenvalue weighted by molar-refractivity contribution is 5.30. The van der Waals surface area contributed by atoms with E-state index in [2.05, 4.69) is 29.2 Å². The van der Waals surface area contributed by atoms with Gasteiger partial charge in [0.2, 0.25) is 0 Å². The van der Waals surface area contributed by atoms with Crippen molar-refractivity contribution in [2.24, 2.45) is 5.73 Å². The van der Waals surface area contributed by atoms with Gasteiger partial charge < -0.3 is 10.5 Å².